The number of carbonyl (C=O) groups is 1. The molecule has 0 unspecified atom stereocenters. The average Bonchev–Trinajstić information content (AvgIpc) is 2.64. The van der Waals surface area contributed by atoms with Gasteiger partial charge in [0.15, 0.2) is 0 Å². The molecule has 3 rings (SSSR count). The standard InChI is InChI=1S/C19H15ClN2O3/c1-25-19(24)15-4-2-13(3-5-15)12-22-18(23)11-10-17(21-22)14-6-8-16(20)9-7-14/h2-11H,12H2,1H3. The highest BCUT2D eigenvalue weighted by Crippen LogP contribution is 2.18. The van der Waals surface area contributed by atoms with Crippen LogP contribution in [-0.4, -0.2) is 22.9 Å². The Hall–Kier alpha value is -2.92. The van der Waals surface area contributed by atoms with Gasteiger partial charge in [0.05, 0.1) is 24.9 Å². The summed E-state index contributed by atoms with van der Waals surface area (Å²) in [6.07, 6.45) is 0. The Bertz CT molecular complexity index is 948. The number of nitrogens with zero attached hydrogens (tertiary/aromatic N) is 2. The molecule has 1 aromatic heterocycles. The summed E-state index contributed by atoms with van der Waals surface area (Å²) >= 11 is 5.90. The van der Waals surface area contributed by atoms with Gasteiger partial charge in [0.25, 0.3) is 5.56 Å². The molecule has 5 nitrogen and oxygen atoms in total. The molecule has 0 saturated heterocycles. The lowest BCUT2D eigenvalue weighted by molar-refractivity contribution is 0.0600. The summed E-state index contributed by atoms with van der Waals surface area (Å²) in [5, 5.41) is 5.05. The molecule has 25 heavy (non-hydrogen) atoms. The first-order valence-corrected chi connectivity index (χ1v) is 7.96. The van der Waals surface area contributed by atoms with E-state index in [1.54, 1.807) is 42.5 Å². The second-order valence-electron chi connectivity index (χ2n) is 5.41. The van der Waals surface area contributed by atoms with Gasteiger partial charge < -0.3 is 4.74 Å². The summed E-state index contributed by atoms with van der Waals surface area (Å²) in [6, 6.07) is 17.3. The summed E-state index contributed by atoms with van der Waals surface area (Å²) in [7, 11) is 1.34. The van der Waals surface area contributed by atoms with Crippen LogP contribution in [0.1, 0.15) is 15.9 Å². The number of aromatic nitrogens is 2. The molecule has 0 aliphatic rings. The number of rotatable bonds is 4. The van der Waals surface area contributed by atoms with Crippen molar-refractivity contribution in [3.8, 4) is 11.3 Å². The molecule has 6 heteroatoms. The van der Waals surface area contributed by atoms with Crippen LogP contribution in [0.5, 0.6) is 0 Å². The fourth-order valence-corrected chi connectivity index (χ4v) is 2.50. The Balaban J connectivity index is 1.87. The van der Waals surface area contributed by atoms with E-state index in [0.717, 1.165) is 11.1 Å². The van der Waals surface area contributed by atoms with Crippen molar-refractivity contribution in [2.24, 2.45) is 0 Å². The lowest BCUT2D eigenvalue weighted by Crippen LogP contribution is -2.22. The minimum absolute atomic E-state index is 0.199. The monoisotopic (exact) mass is 354 g/mol. The molecule has 126 valence electrons. The molecule has 0 bridgehead atoms. The van der Waals surface area contributed by atoms with E-state index in [2.05, 4.69) is 9.84 Å². The molecule has 0 fully saturated rings. The van der Waals surface area contributed by atoms with Crippen molar-refractivity contribution in [3.63, 3.8) is 0 Å². The first-order valence-electron chi connectivity index (χ1n) is 7.58. The summed E-state index contributed by atoms with van der Waals surface area (Å²) < 4.78 is 6.06. The average molecular weight is 355 g/mol. The van der Waals surface area contributed by atoms with Crippen LogP contribution in [0.25, 0.3) is 11.3 Å². The van der Waals surface area contributed by atoms with Crippen molar-refractivity contribution in [2.75, 3.05) is 7.11 Å². The zero-order chi connectivity index (χ0) is 17.8. The minimum Gasteiger partial charge on any atom is -0.465 e. The van der Waals surface area contributed by atoms with E-state index in [1.807, 2.05) is 12.1 Å². The van der Waals surface area contributed by atoms with Crippen molar-refractivity contribution in [1.82, 2.24) is 9.78 Å². The highest BCUT2D eigenvalue weighted by molar-refractivity contribution is 6.30. The molecule has 0 aliphatic carbocycles. The molecule has 0 spiro atoms. The lowest BCUT2D eigenvalue weighted by atomic mass is 10.1. The molecule has 0 N–H and O–H groups in total. The zero-order valence-corrected chi connectivity index (χ0v) is 14.2. The molecule has 1 heterocycles. The summed E-state index contributed by atoms with van der Waals surface area (Å²) in [5.74, 6) is -0.397. The number of hydrogen-bond donors (Lipinski definition) is 0. The first-order chi connectivity index (χ1) is 12.1. The molecule has 0 aliphatic heterocycles. The molecule has 0 saturated carbocycles. The van der Waals surface area contributed by atoms with Crippen LogP contribution in [0.3, 0.4) is 0 Å². The number of carbonyl (C=O) groups excluding carboxylic acids is 1. The normalized spacial score (nSPS) is 10.5. The van der Waals surface area contributed by atoms with Gasteiger partial charge in [0, 0.05) is 16.7 Å². The van der Waals surface area contributed by atoms with Crippen LogP contribution in [0.2, 0.25) is 5.02 Å². The predicted octanol–water partition coefficient (Wildman–Crippen LogP) is 3.40. The van der Waals surface area contributed by atoms with E-state index < -0.39 is 5.97 Å². The van der Waals surface area contributed by atoms with Crippen molar-refractivity contribution < 1.29 is 9.53 Å². The third-order valence-corrected chi connectivity index (χ3v) is 3.97. The van der Waals surface area contributed by atoms with Crippen LogP contribution >= 0.6 is 11.6 Å². The smallest absolute Gasteiger partial charge is 0.337 e. The zero-order valence-electron chi connectivity index (χ0n) is 13.5. The van der Waals surface area contributed by atoms with E-state index in [0.29, 0.717) is 22.8 Å². The molecular weight excluding hydrogens is 340 g/mol. The third kappa shape index (κ3) is 3.95. The Labute approximate surface area is 149 Å². The third-order valence-electron chi connectivity index (χ3n) is 3.71. The van der Waals surface area contributed by atoms with E-state index >= 15 is 0 Å². The van der Waals surface area contributed by atoms with E-state index in [-0.39, 0.29) is 5.56 Å². The largest absolute Gasteiger partial charge is 0.465 e. The number of esters is 1. The number of benzene rings is 2. The van der Waals surface area contributed by atoms with Gasteiger partial charge in [-0.1, -0.05) is 35.9 Å². The molecule has 2 aromatic carbocycles. The molecule has 0 amide bonds. The van der Waals surface area contributed by atoms with Gasteiger partial charge in [0.2, 0.25) is 0 Å². The second-order valence-corrected chi connectivity index (χ2v) is 5.85. The maximum Gasteiger partial charge on any atom is 0.337 e. The van der Waals surface area contributed by atoms with Crippen molar-refractivity contribution in [2.45, 2.75) is 6.54 Å². The van der Waals surface area contributed by atoms with Crippen LogP contribution in [0, 0.1) is 0 Å². The highest BCUT2D eigenvalue weighted by atomic mass is 35.5. The maximum absolute atomic E-state index is 12.1. The summed E-state index contributed by atoms with van der Waals surface area (Å²) in [4.78, 5) is 23.6. The Morgan fingerprint density at radius 1 is 1.04 bits per heavy atom. The minimum atomic E-state index is -0.397. The fourth-order valence-electron chi connectivity index (χ4n) is 2.37. The second kappa shape index (κ2) is 7.32. The van der Waals surface area contributed by atoms with E-state index in [4.69, 9.17) is 11.6 Å². The maximum atomic E-state index is 12.1. The number of ether oxygens (including phenoxy) is 1. The fraction of sp³-hybridized carbons (Fsp3) is 0.105. The van der Waals surface area contributed by atoms with Crippen LogP contribution in [0.15, 0.2) is 65.5 Å². The van der Waals surface area contributed by atoms with E-state index in [9.17, 15) is 9.59 Å². The number of hydrogen-bond acceptors (Lipinski definition) is 4. The molecule has 0 radical (unpaired) electrons. The van der Waals surface area contributed by atoms with Gasteiger partial charge >= 0.3 is 5.97 Å². The van der Waals surface area contributed by atoms with Crippen molar-refractivity contribution >= 4 is 17.6 Å². The SMILES string of the molecule is COC(=O)c1ccc(Cn2nc(-c3ccc(Cl)cc3)ccc2=O)cc1. The Morgan fingerprint density at radius 2 is 1.72 bits per heavy atom. The highest BCUT2D eigenvalue weighted by Gasteiger charge is 2.07. The van der Waals surface area contributed by atoms with Gasteiger partial charge in [-0.2, -0.15) is 5.10 Å². The summed E-state index contributed by atoms with van der Waals surface area (Å²) in [6.45, 7) is 0.307. The quantitative estimate of drug-likeness (QED) is 0.674. The van der Waals surface area contributed by atoms with Crippen molar-refractivity contribution in [3.05, 3.63) is 87.2 Å². The van der Waals surface area contributed by atoms with Crippen LogP contribution < -0.4 is 5.56 Å². The Morgan fingerprint density at radius 3 is 2.36 bits per heavy atom. The van der Waals surface area contributed by atoms with Crippen LogP contribution in [0.4, 0.5) is 0 Å². The predicted molar refractivity (Wildman–Crippen MR) is 95.8 cm³/mol. The molecule has 3 aromatic rings. The van der Waals surface area contributed by atoms with Gasteiger partial charge in [-0.3, -0.25) is 4.79 Å². The van der Waals surface area contributed by atoms with E-state index in [1.165, 1.54) is 17.9 Å². The van der Waals surface area contributed by atoms with Crippen molar-refractivity contribution in [1.29, 1.82) is 0 Å². The number of halogens is 1. The molecule has 0 atom stereocenters. The molecular formula is C19H15ClN2O3. The van der Waals surface area contributed by atoms with Crippen LogP contribution in [-0.2, 0) is 11.3 Å². The first kappa shape index (κ1) is 16.9. The number of methoxy groups -OCH3 is 1. The lowest BCUT2D eigenvalue weighted by Gasteiger charge is -2.08. The van der Waals surface area contributed by atoms with Gasteiger partial charge in [-0.25, -0.2) is 9.48 Å². The van der Waals surface area contributed by atoms with Gasteiger partial charge in [-0.05, 0) is 35.9 Å². The Kier molecular flexibility index (Phi) is 4.95. The summed E-state index contributed by atoms with van der Waals surface area (Å²) in [5.41, 5.74) is 2.67. The van der Waals surface area contributed by atoms with Gasteiger partial charge in [-0.15, -0.1) is 0 Å². The topological polar surface area (TPSA) is 61.2 Å². The van der Waals surface area contributed by atoms with Gasteiger partial charge in [0.1, 0.15) is 0 Å².